The zero-order chi connectivity index (χ0) is 22.2. The van der Waals surface area contributed by atoms with Crippen LogP contribution in [-0.4, -0.2) is 30.8 Å². The number of halogens is 2. The van der Waals surface area contributed by atoms with Gasteiger partial charge in [-0.05, 0) is 36.4 Å². The first-order chi connectivity index (χ1) is 14.7. The summed E-state index contributed by atoms with van der Waals surface area (Å²) in [5.74, 6) is 0.270. The van der Waals surface area contributed by atoms with Gasteiger partial charge < -0.3 is 9.64 Å². The van der Waals surface area contributed by atoms with Gasteiger partial charge in [0.1, 0.15) is 5.75 Å². The minimum absolute atomic E-state index is 0.0197. The van der Waals surface area contributed by atoms with Gasteiger partial charge in [-0.25, -0.2) is 23.5 Å². The second-order valence-corrected chi connectivity index (χ2v) is 9.24. The molecule has 1 aromatic heterocycles. The molecule has 1 amide bonds. The first-order valence-corrected chi connectivity index (χ1v) is 11.4. The van der Waals surface area contributed by atoms with E-state index in [1.165, 1.54) is 24.5 Å². The van der Waals surface area contributed by atoms with Gasteiger partial charge in [0, 0.05) is 47.6 Å². The van der Waals surface area contributed by atoms with Crippen LogP contribution in [0, 0.1) is 0 Å². The molecule has 0 saturated carbocycles. The number of hydrogen-bond acceptors (Lipinski definition) is 6. The average molecular weight is 479 g/mol. The smallest absolute Gasteiger partial charge is 0.257 e. The van der Waals surface area contributed by atoms with Crippen molar-refractivity contribution < 1.29 is 17.9 Å². The fraction of sp³-hybridized carbons (Fsp3) is 0.150. The van der Waals surface area contributed by atoms with E-state index in [0.717, 1.165) is 5.56 Å². The molecule has 3 aromatic rings. The zero-order valence-electron chi connectivity index (χ0n) is 15.9. The lowest BCUT2D eigenvalue weighted by molar-refractivity contribution is -0.117. The average Bonchev–Trinajstić information content (AvgIpc) is 3.11. The van der Waals surface area contributed by atoms with Crippen LogP contribution in [0.25, 0.3) is 0 Å². The van der Waals surface area contributed by atoms with Gasteiger partial charge in [-0.1, -0.05) is 29.3 Å². The molecule has 160 valence electrons. The van der Waals surface area contributed by atoms with Crippen molar-refractivity contribution in [2.45, 2.75) is 17.2 Å². The minimum Gasteiger partial charge on any atom is -0.436 e. The molecule has 1 fully saturated rings. The maximum atomic E-state index is 12.7. The van der Waals surface area contributed by atoms with Crippen molar-refractivity contribution in [3.8, 4) is 11.6 Å². The predicted octanol–water partition coefficient (Wildman–Crippen LogP) is 3.74. The molecular weight excluding hydrogens is 463 g/mol. The molecule has 0 aliphatic carbocycles. The first kappa shape index (κ1) is 21.5. The fourth-order valence-corrected chi connectivity index (χ4v) is 4.22. The predicted molar refractivity (Wildman–Crippen MR) is 116 cm³/mol. The van der Waals surface area contributed by atoms with Crippen molar-refractivity contribution in [3.63, 3.8) is 0 Å². The van der Waals surface area contributed by atoms with Crippen molar-refractivity contribution in [2.24, 2.45) is 5.14 Å². The molecule has 2 N–H and O–H groups in total. The van der Waals surface area contributed by atoms with E-state index in [1.807, 2.05) is 0 Å². The van der Waals surface area contributed by atoms with E-state index in [-0.39, 0.29) is 34.2 Å². The number of sulfonamides is 1. The summed E-state index contributed by atoms with van der Waals surface area (Å²) in [6.45, 7) is 0.375. The molecule has 0 spiro atoms. The minimum atomic E-state index is -3.81. The number of anilines is 1. The summed E-state index contributed by atoms with van der Waals surface area (Å²) in [6.07, 6.45) is 3.14. The summed E-state index contributed by atoms with van der Waals surface area (Å²) < 4.78 is 28.8. The van der Waals surface area contributed by atoms with Gasteiger partial charge in [-0.15, -0.1) is 0 Å². The lowest BCUT2D eigenvalue weighted by Crippen LogP contribution is -2.24. The van der Waals surface area contributed by atoms with Crippen LogP contribution < -0.4 is 14.8 Å². The van der Waals surface area contributed by atoms with Crippen molar-refractivity contribution >= 4 is 44.8 Å². The number of amides is 1. The Hall–Kier alpha value is -2.72. The molecule has 1 aliphatic rings. The van der Waals surface area contributed by atoms with Crippen LogP contribution in [0.5, 0.6) is 11.6 Å². The number of benzene rings is 2. The lowest BCUT2D eigenvalue weighted by Gasteiger charge is -2.19. The molecule has 1 unspecified atom stereocenters. The molecule has 1 saturated heterocycles. The maximum Gasteiger partial charge on any atom is 0.257 e. The monoisotopic (exact) mass is 478 g/mol. The third-order valence-electron chi connectivity index (χ3n) is 4.85. The number of aromatic nitrogens is 2. The van der Waals surface area contributed by atoms with E-state index in [4.69, 9.17) is 33.1 Å². The van der Waals surface area contributed by atoms with Crippen molar-refractivity contribution in [1.82, 2.24) is 9.97 Å². The Morgan fingerprint density at radius 2 is 1.77 bits per heavy atom. The molecular formula is C20H16Cl2N4O4S. The van der Waals surface area contributed by atoms with E-state index < -0.39 is 10.0 Å². The van der Waals surface area contributed by atoms with Crippen molar-refractivity contribution in [2.75, 3.05) is 11.4 Å². The van der Waals surface area contributed by atoms with E-state index in [1.54, 1.807) is 35.2 Å². The Kier molecular flexibility index (Phi) is 5.85. The number of hydrogen-bond donors (Lipinski definition) is 1. The topological polar surface area (TPSA) is 115 Å². The normalized spacial score (nSPS) is 16.5. The molecule has 2 aromatic carbocycles. The highest BCUT2D eigenvalue weighted by Gasteiger charge is 2.33. The lowest BCUT2D eigenvalue weighted by atomic mass is 9.97. The number of rotatable bonds is 5. The summed E-state index contributed by atoms with van der Waals surface area (Å²) in [7, 11) is -3.81. The Bertz CT molecular complexity index is 1250. The Balaban J connectivity index is 1.61. The van der Waals surface area contributed by atoms with Gasteiger partial charge in [0.05, 0.1) is 4.90 Å². The van der Waals surface area contributed by atoms with Crippen molar-refractivity contribution in [3.05, 3.63) is 70.6 Å². The van der Waals surface area contributed by atoms with Crippen LogP contribution in [0.3, 0.4) is 0 Å². The molecule has 4 rings (SSSR count). The summed E-state index contributed by atoms with van der Waals surface area (Å²) in [4.78, 5) is 22.3. The third-order valence-corrected chi connectivity index (χ3v) is 6.27. The highest BCUT2D eigenvalue weighted by Crippen LogP contribution is 2.39. The molecule has 0 bridgehead atoms. The standard InChI is InChI=1S/C20H16Cl2N4O4S/c21-13-1-6-16(17(10-13)30-20-19(22)24-7-8-25-20)12-9-18(27)26(11-12)14-2-4-15(5-3-14)31(23,28)29/h1-8,10,12H,9,11H2,(H2,23,28,29). The van der Waals surface area contributed by atoms with Gasteiger partial charge >= 0.3 is 0 Å². The van der Waals surface area contributed by atoms with Gasteiger partial charge in [0.2, 0.25) is 15.9 Å². The molecule has 31 heavy (non-hydrogen) atoms. The number of primary sulfonamides is 1. The summed E-state index contributed by atoms with van der Waals surface area (Å²) in [5, 5.41) is 5.70. The van der Waals surface area contributed by atoms with Crippen LogP contribution in [0.15, 0.2) is 59.8 Å². The Labute approximate surface area is 188 Å². The highest BCUT2D eigenvalue weighted by atomic mass is 35.5. The van der Waals surface area contributed by atoms with E-state index in [9.17, 15) is 13.2 Å². The fourth-order valence-electron chi connectivity index (χ4n) is 3.40. The number of nitrogens with zero attached hydrogens (tertiary/aromatic N) is 3. The van der Waals surface area contributed by atoms with Crippen LogP contribution >= 0.6 is 23.2 Å². The summed E-state index contributed by atoms with van der Waals surface area (Å²) in [6, 6.07) is 11.0. The largest absolute Gasteiger partial charge is 0.436 e. The van der Waals surface area contributed by atoms with Crippen LogP contribution in [0.1, 0.15) is 17.9 Å². The van der Waals surface area contributed by atoms with E-state index >= 15 is 0 Å². The molecule has 2 heterocycles. The number of nitrogens with two attached hydrogens (primary N) is 1. The highest BCUT2D eigenvalue weighted by molar-refractivity contribution is 7.89. The van der Waals surface area contributed by atoms with Gasteiger partial charge in [0.15, 0.2) is 5.15 Å². The molecule has 1 atom stereocenters. The Morgan fingerprint density at radius 1 is 1.06 bits per heavy atom. The second kappa shape index (κ2) is 8.43. The van der Waals surface area contributed by atoms with Crippen LogP contribution in [-0.2, 0) is 14.8 Å². The van der Waals surface area contributed by atoms with Crippen LogP contribution in [0.4, 0.5) is 5.69 Å². The van der Waals surface area contributed by atoms with Gasteiger partial charge in [-0.3, -0.25) is 4.79 Å². The Morgan fingerprint density at radius 3 is 2.45 bits per heavy atom. The molecule has 0 radical (unpaired) electrons. The number of carbonyl (C=O) groups is 1. The molecule has 1 aliphatic heterocycles. The number of carbonyl (C=O) groups excluding carboxylic acids is 1. The van der Waals surface area contributed by atoms with Gasteiger partial charge in [-0.2, -0.15) is 0 Å². The SMILES string of the molecule is NS(=O)(=O)c1ccc(N2CC(c3ccc(Cl)cc3Oc3nccnc3Cl)CC2=O)cc1. The third kappa shape index (κ3) is 4.64. The van der Waals surface area contributed by atoms with Crippen molar-refractivity contribution in [1.29, 1.82) is 0 Å². The quantitative estimate of drug-likeness (QED) is 0.596. The van der Waals surface area contributed by atoms with E-state index in [2.05, 4.69) is 9.97 Å². The molecule has 11 heteroatoms. The maximum absolute atomic E-state index is 12.7. The second-order valence-electron chi connectivity index (χ2n) is 6.88. The zero-order valence-corrected chi connectivity index (χ0v) is 18.2. The summed E-state index contributed by atoms with van der Waals surface area (Å²) in [5.41, 5.74) is 1.34. The summed E-state index contributed by atoms with van der Waals surface area (Å²) >= 11 is 12.2. The van der Waals surface area contributed by atoms with Crippen LogP contribution in [0.2, 0.25) is 10.2 Å². The first-order valence-electron chi connectivity index (χ1n) is 9.09. The van der Waals surface area contributed by atoms with Gasteiger partial charge in [0.25, 0.3) is 5.88 Å². The molecule has 8 nitrogen and oxygen atoms in total. The van der Waals surface area contributed by atoms with E-state index in [0.29, 0.717) is 23.0 Å². The number of ether oxygens (including phenoxy) is 1.